The van der Waals surface area contributed by atoms with Crippen LogP contribution < -0.4 is 4.74 Å². The lowest BCUT2D eigenvalue weighted by Crippen LogP contribution is -2.56. The van der Waals surface area contributed by atoms with Crippen molar-refractivity contribution in [1.82, 2.24) is 9.80 Å². The van der Waals surface area contributed by atoms with Gasteiger partial charge in [-0.3, -0.25) is 9.69 Å². The molecule has 2 heterocycles. The van der Waals surface area contributed by atoms with Gasteiger partial charge in [0.15, 0.2) is 0 Å². The molecule has 28 heavy (non-hydrogen) atoms. The third-order valence-electron chi connectivity index (χ3n) is 6.26. The number of carbonyl (C=O) groups excluding carboxylic acids is 1. The van der Waals surface area contributed by atoms with Crippen molar-refractivity contribution in [3.05, 3.63) is 29.3 Å². The lowest BCUT2D eigenvalue weighted by atomic mass is 9.71. The largest absolute Gasteiger partial charge is 0.496 e. The van der Waals surface area contributed by atoms with Gasteiger partial charge in [-0.1, -0.05) is 6.07 Å². The second-order valence-corrected chi connectivity index (χ2v) is 8.09. The predicted molar refractivity (Wildman–Crippen MR) is 108 cm³/mol. The molecule has 0 saturated carbocycles. The number of likely N-dealkylation sites (tertiary alicyclic amines) is 2. The van der Waals surface area contributed by atoms with Gasteiger partial charge in [0, 0.05) is 39.4 Å². The molecule has 2 saturated heterocycles. The Morgan fingerprint density at radius 3 is 2.61 bits per heavy atom. The third kappa shape index (κ3) is 4.50. The van der Waals surface area contributed by atoms with Crippen molar-refractivity contribution >= 4 is 5.91 Å². The summed E-state index contributed by atoms with van der Waals surface area (Å²) in [5, 5.41) is 0. The van der Waals surface area contributed by atoms with Crippen LogP contribution in [0, 0.1) is 5.41 Å². The number of carbonyl (C=O) groups is 1. The molecule has 6 heteroatoms. The first-order chi connectivity index (χ1) is 13.5. The van der Waals surface area contributed by atoms with E-state index in [4.69, 9.17) is 14.2 Å². The van der Waals surface area contributed by atoms with E-state index in [9.17, 15) is 4.79 Å². The molecule has 3 rings (SSSR count). The maximum absolute atomic E-state index is 12.9. The van der Waals surface area contributed by atoms with Crippen LogP contribution in [0.5, 0.6) is 5.75 Å². The third-order valence-corrected chi connectivity index (χ3v) is 6.26. The summed E-state index contributed by atoms with van der Waals surface area (Å²) in [6.07, 6.45) is 2.80. The molecule has 1 amide bonds. The smallest absolute Gasteiger partial charge is 0.228 e. The Balaban J connectivity index is 1.63. The van der Waals surface area contributed by atoms with E-state index in [0.717, 1.165) is 50.2 Å². The highest BCUT2D eigenvalue weighted by Crippen LogP contribution is 2.41. The van der Waals surface area contributed by atoms with Crippen LogP contribution in [0.25, 0.3) is 0 Å². The van der Waals surface area contributed by atoms with Crippen LogP contribution in [0.3, 0.4) is 0 Å². The zero-order valence-electron chi connectivity index (χ0n) is 17.7. The number of hydrogen-bond donors (Lipinski definition) is 0. The van der Waals surface area contributed by atoms with Crippen LogP contribution in [-0.2, 0) is 27.4 Å². The number of nitrogens with zero attached hydrogens (tertiary/aromatic N) is 2. The number of likely N-dealkylation sites (N-methyl/N-ethyl adjacent to an activating group) is 1. The maximum atomic E-state index is 12.9. The minimum Gasteiger partial charge on any atom is -0.496 e. The summed E-state index contributed by atoms with van der Waals surface area (Å²) < 4.78 is 16.6. The van der Waals surface area contributed by atoms with Gasteiger partial charge in [0.2, 0.25) is 5.91 Å². The Hall–Kier alpha value is -1.63. The fourth-order valence-electron chi connectivity index (χ4n) is 4.61. The number of methoxy groups -OCH3 is 2. The fraction of sp³-hybridized carbons (Fsp3) is 0.682. The molecular weight excluding hydrogens is 356 g/mol. The van der Waals surface area contributed by atoms with Crippen molar-refractivity contribution in [1.29, 1.82) is 0 Å². The van der Waals surface area contributed by atoms with Crippen LogP contribution in [0.1, 0.15) is 37.3 Å². The average Bonchev–Trinajstić information content (AvgIpc) is 2.72. The average molecular weight is 391 g/mol. The highest BCUT2D eigenvalue weighted by molar-refractivity contribution is 5.83. The zero-order valence-corrected chi connectivity index (χ0v) is 17.7. The summed E-state index contributed by atoms with van der Waals surface area (Å²) in [5.74, 6) is 1.17. The minimum atomic E-state index is -0.246. The number of piperidine rings is 2. The van der Waals surface area contributed by atoms with Crippen LogP contribution in [0.15, 0.2) is 18.2 Å². The Kier molecular flexibility index (Phi) is 6.96. The van der Waals surface area contributed by atoms with E-state index in [1.54, 1.807) is 14.2 Å². The summed E-state index contributed by atoms with van der Waals surface area (Å²) in [4.78, 5) is 17.2. The SMILES string of the molecule is CCOCc1cc(CN2CCC3(CC2)CC(OC)CN(C)C3=O)ccc1OC. The molecule has 2 aliphatic heterocycles. The Labute approximate surface area is 168 Å². The van der Waals surface area contributed by atoms with Gasteiger partial charge >= 0.3 is 0 Å². The molecule has 0 bridgehead atoms. The molecule has 0 N–H and O–H groups in total. The molecule has 1 unspecified atom stereocenters. The number of rotatable bonds is 7. The van der Waals surface area contributed by atoms with Crippen molar-refractivity contribution in [2.75, 3.05) is 47.5 Å². The summed E-state index contributed by atoms with van der Waals surface area (Å²) in [6.45, 7) is 6.71. The van der Waals surface area contributed by atoms with Crippen molar-refractivity contribution in [3.63, 3.8) is 0 Å². The van der Waals surface area contributed by atoms with Crippen LogP contribution in [0.4, 0.5) is 0 Å². The predicted octanol–water partition coefficient (Wildman–Crippen LogP) is 2.69. The molecule has 1 atom stereocenters. The van der Waals surface area contributed by atoms with Crippen LogP contribution >= 0.6 is 0 Å². The molecule has 6 nitrogen and oxygen atoms in total. The van der Waals surface area contributed by atoms with E-state index >= 15 is 0 Å². The van der Waals surface area contributed by atoms with Crippen molar-refractivity contribution in [2.24, 2.45) is 5.41 Å². The van der Waals surface area contributed by atoms with Gasteiger partial charge in [-0.15, -0.1) is 0 Å². The van der Waals surface area contributed by atoms with Crippen LogP contribution in [0.2, 0.25) is 0 Å². The lowest BCUT2D eigenvalue weighted by Gasteiger charge is -2.47. The molecule has 1 spiro atoms. The van der Waals surface area contributed by atoms with Gasteiger partial charge in [0.1, 0.15) is 5.75 Å². The van der Waals surface area contributed by atoms with Crippen molar-refractivity contribution in [2.45, 2.75) is 45.4 Å². The minimum absolute atomic E-state index is 0.150. The Morgan fingerprint density at radius 1 is 1.21 bits per heavy atom. The van der Waals surface area contributed by atoms with Gasteiger partial charge in [-0.05, 0) is 57.0 Å². The number of ether oxygens (including phenoxy) is 3. The molecule has 0 radical (unpaired) electrons. The maximum Gasteiger partial charge on any atom is 0.228 e. The van der Waals surface area contributed by atoms with Gasteiger partial charge in [-0.25, -0.2) is 0 Å². The van der Waals surface area contributed by atoms with Gasteiger partial charge < -0.3 is 19.1 Å². The molecule has 0 aliphatic carbocycles. The van der Waals surface area contributed by atoms with E-state index in [2.05, 4.69) is 17.0 Å². The summed E-state index contributed by atoms with van der Waals surface area (Å²) >= 11 is 0. The van der Waals surface area contributed by atoms with E-state index < -0.39 is 0 Å². The Bertz CT molecular complexity index is 671. The van der Waals surface area contributed by atoms with Crippen LogP contribution in [-0.4, -0.2) is 69.3 Å². The molecule has 2 aliphatic rings. The quantitative estimate of drug-likeness (QED) is 0.717. The molecular formula is C22H34N2O4. The van der Waals surface area contributed by atoms with Gasteiger partial charge in [0.25, 0.3) is 0 Å². The molecule has 156 valence electrons. The lowest BCUT2D eigenvalue weighted by molar-refractivity contribution is -0.156. The highest BCUT2D eigenvalue weighted by atomic mass is 16.5. The monoisotopic (exact) mass is 390 g/mol. The van der Waals surface area contributed by atoms with Gasteiger partial charge in [-0.2, -0.15) is 0 Å². The number of hydrogen-bond acceptors (Lipinski definition) is 5. The summed E-state index contributed by atoms with van der Waals surface area (Å²) in [5.41, 5.74) is 2.10. The molecule has 2 fully saturated rings. The van der Waals surface area contributed by atoms with Gasteiger partial charge in [0.05, 0.1) is 25.2 Å². The summed E-state index contributed by atoms with van der Waals surface area (Å²) in [7, 11) is 5.35. The van der Waals surface area contributed by atoms with Crippen molar-refractivity contribution in [3.8, 4) is 5.75 Å². The normalized spacial score (nSPS) is 22.6. The number of amides is 1. The zero-order chi connectivity index (χ0) is 20.1. The fourth-order valence-corrected chi connectivity index (χ4v) is 4.61. The topological polar surface area (TPSA) is 51.2 Å². The molecule has 1 aromatic rings. The molecule has 0 aromatic heterocycles. The first-order valence-electron chi connectivity index (χ1n) is 10.3. The van der Waals surface area contributed by atoms with E-state index in [1.165, 1.54) is 5.56 Å². The second-order valence-electron chi connectivity index (χ2n) is 8.09. The van der Waals surface area contributed by atoms with Crippen molar-refractivity contribution < 1.29 is 19.0 Å². The van der Waals surface area contributed by atoms with E-state index in [-0.39, 0.29) is 11.5 Å². The number of benzene rings is 1. The first kappa shape index (κ1) is 21.1. The first-order valence-corrected chi connectivity index (χ1v) is 10.3. The highest BCUT2D eigenvalue weighted by Gasteiger charge is 2.47. The second kappa shape index (κ2) is 9.25. The standard InChI is InChI=1S/C22H34N2O4/c1-5-28-16-18-12-17(6-7-20(18)27-4)14-24-10-8-22(9-11-24)13-19(26-3)15-23(2)21(22)25/h6-7,12,19H,5,8-11,13-16H2,1-4H3. The molecule has 1 aromatic carbocycles. The van der Waals surface area contributed by atoms with E-state index in [0.29, 0.717) is 25.7 Å². The van der Waals surface area contributed by atoms with E-state index in [1.807, 2.05) is 24.9 Å². The summed E-state index contributed by atoms with van der Waals surface area (Å²) in [6, 6.07) is 6.33. The Morgan fingerprint density at radius 2 is 1.96 bits per heavy atom.